The molecule has 19 N–H and O–H groups in total. The zero-order chi connectivity index (χ0) is 78.4. The van der Waals surface area contributed by atoms with Gasteiger partial charge < -0.3 is 136 Å². The molecule has 4 aliphatic rings. The molecule has 4 aliphatic heterocycles. The van der Waals surface area contributed by atoms with Crippen LogP contribution in [-0.4, -0.2) is 290 Å². The lowest BCUT2D eigenvalue weighted by molar-refractivity contribution is -0.365. The van der Waals surface area contributed by atoms with E-state index in [1.54, 1.807) is 6.08 Å². The first kappa shape index (κ1) is 94.6. The number of ether oxygens (including phenoxy) is 8. The van der Waals surface area contributed by atoms with Gasteiger partial charge >= 0.3 is 11.9 Å². The van der Waals surface area contributed by atoms with Crippen molar-refractivity contribution in [3.05, 3.63) is 12.2 Å². The van der Waals surface area contributed by atoms with E-state index >= 15 is 0 Å². The quantitative estimate of drug-likeness (QED) is 0.0305. The van der Waals surface area contributed by atoms with Crippen molar-refractivity contribution >= 4 is 29.7 Å². The van der Waals surface area contributed by atoms with E-state index < -0.39 is 222 Å². The lowest BCUT2D eigenvalue weighted by Gasteiger charge is -2.52. The fourth-order valence-corrected chi connectivity index (χ4v) is 13.9. The molecule has 0 spiro atoms. The minimum atomic E-state index is -3.38. The lowest BCUT2D eigenvalue weighted by atomic mass is 9.86. The van der Waals surface area contributed by atoms with E-state index in [0.717, 1.165) is 64.7 Å². The molecule has 32 heteroatoms. The number of unbranched alkanes of at least 4 members (excludes halogenated alkanes) is 29. The summed E-state index contributed by atoms with van der Waals surface area (Å²) in [7, 11) is 0. The largest absolute Gasteiger partial charge is 0.477 e. The van der Waals surface area contributed by atoms with Gasteiger partial charge in [-0.15, -0.1) is 0 Å². The molecule has 618 valence electrons. The molecule has 0 unspecified atom stereocenters. The first-order valence-corrected chi connectivity index (χ1v) is 39.2. The number of carboxylic acid groups (broad SMARTS) is 2. The molecule has 4 saturated heterocycles. The smallest absolute Gasteiger partial charge is 0.364 e. The van der Waals surface area contributed by atoms with Crippen LogP contribution in [0.3, 0.4) is 0 Å². The van der Waals surface area contributed by atoms with Gasteiger partial charge in [0, 0.05) is 26.2 Å². The highest BCUT2D eigenvalue weighted by atomic mass is 16.8. The van der Waals surface area contributed by atoms with Crippen LogP contribution in [0, 0.1) is 0 Å². The van der Waals surface area contributed by atoms with Crippen molar-refractivity contribution in [3.8, 4) is 0 Å². The number of carbonyl (C=O) groups is 5. The first-order valence-electron chi connectivity index (χ1n) is 39.2. The van der Waals surface area contributed by atoms with E-state index in [1.807, 2.05) is 0 Å². The van der Waals surface area contributed by atoms with E-state index in [1.165, 1.54) is 141 Å². The van der Waals surface area contributed by atoms with Gasteiger partial charge in [-0.05, 0) is 26.2 Å². The molecule has 0 radical (unpaired) electrons. The maximum atomic E-state index is 13.8. The molecule has 0 aromatic heterocycles. The van der Waals surface area contributed by atoms with Crippen molar-refractivity contribution in [1.29, 1.82) is 0 Å². The summed E-state index contributed by atoms with van der Waals surface area (Å²) in [5.41, 5.74) is 0. The highest BCUT2D eigenvalue weighted by Crippen LogP contribution is 2.42. The van der Waals surface area contributed by atoms with Crippen molar-refractivity contribution in [2.45, 2.75) is 392 Å². The topological polar surface area (TPSA) is 519 Å². The molecular weight excluding hydrogens is 1390 g/mol. The van der Waals surface area contributed by atoms with E-state index in [4.69, 9.17) is 37.9 Å². The Balaban J connectivity index is 1.52. The van der Waals surface area contributed by atoms with Crippen LogP contribution in [0.1, 0.15) is 246 Å². The average molecular weight is 1530 g/mol. The fraction of sp³-hybridized carbons (Fsp3) is 0.905. The Labute approximate surface area is 624 Å². The number of allylic oxidation sites excluding steroid dienone is 1. The summed E-state index contributed by atoms with van der Waals surface area (Å²) < 4.78 is 46.3. The highest BCUT2D eigenvalue weighted by molar-refractivity contribution is 5.79. The molecule has 3 amide bonds. The van der Waals surface area contributed by atoms with Crippen LogP contribution in [0.15, 0.2) is 12.2 Å². The lowest BCUT2D eigenvalue weighted by Crippen LogP contribution is -2.72. The first-order chi connectivity index (χ1) is 50.6. The second-order valence-corrected chi connectivity index (χ2v) is 29.4. The monoisotopic (exact) mass is 1530 g/mol. The minimum Gasteiger partial charge on any atom is -0.477 e. The Morgan fingerprint density at radius 2 is 0.962 bits per heavy atom. The Bertz CT molecular complexity index is 2480. The molecule has 0 bridgehead atoms. The summed E-state index contributed by atoms with van der Waals surface area (Å²) in [4.78, 5) is 67.5. The molecular formula is C74H133N3O29. The van der Waals surface area contributed by atoms with Crippen LogP contribution >= 0.6 is 0 Å². The number of rotatable bonds is 56. The second-order valence-electron chi connectivity index (χ2n) is 29.4. The molecule has 0 saturated carbocycles. The van der Waals surface area contributed by atoms with Crippen molar-refractivity contribution in [3.63, 3.8) is 0 Å². The van der Waals surface area contributed by atoms with Crippen LogP contribution < -0.4 is 16.0 Å². The van der Waals surface area contributed by atoms with Gasteiger partial charge in [-0.25, -0.2) is 9.59 Å². The SMILES string of the molecule is CCCCCCCCCCCCC/C=C/[C@@H](O)[C@H](CO[C@@H]1O[C@H](CO[C@]2(C(=O)O)C[C@H](O[C@]3(C(=O)O)C[C@H](O)[C@@H](NC(=O)CO[C@@H]4O[C@@H](C)[C@@H](O)[C@@H](O)[C@@H]4O)[C@H]([C@H](O)[C@H](O)CO)O3)[C@@H](NC(C)=O)[C@H]([C@H](O)[C@H](O)CO)O2)[C@@H](O)[C@H](O)[C@H]1O)NC(=O)CCCCCCCCCCCCCCCCCCCCC. The van der Waals surface area contributed by atoms with Gasteiger partial charge in [0.05, 0.1) is 69.0 Å². The molecule has 4 rings (SSSR count). The molecule has 106 heavy (non-hydrogen) atoms. The zero-order valence-corrected chi connectivity index (χ0v) is 62.9. The minimum absolute atomic E-state index is 0.118. The summed E-state index contributed by atoms with van der Waals surface area (Å²) in [6, 6.07) is -5.15. The van der Waals surface area contributed by atoms with E-state index in [9.17, 15) is 106 Å². The fourth-order valence-electron chi connectivity index (χ4n) is 13.9. The third-order valence-corrected chi connectivity index (χ3v) is 20.5. The third-order valence-electron chi connectivity index (χ3n) is 20.5. The maximum Gasteiger partial charge on any atom is 0.364 e. The highest BCUT2D eigenvalue weighted by Gasteiger charge is 2.63. The summed E-state index contributed by atoms with van der Waals surface area (Å²) in [5, 5.41) is 182. The van der Waals surface area contributed by atoms with Gasteiger partial charge in [0.25, 0.3) is 11.6 Å². The number of aliphatic carboxylic acids is 2. The number of hydrogen-bond donors (Lipinski definition) is 19. The number of nitrogens with one attached hydrogen (secondary N) is 3. The van der Waals surface area contributed by atoms with E-state index in [-0.39, 0.29) is 6.42 Å². The number of hydrogen-bond acceptors (Lipinski definition) is 27. The molecule has 0 aromatic rings. The van der Waals surface area contributed by atoms with Crippen molar-refractivity contribution in [1.82, 2.24) is 16.0 Å². The summed E-state index contributed by atoms with van der Waals surface area (Å²) >= 11 is 0. The Kier molecular flexibility index (Phi) is 45.5. The van der Waals surface area contributed by atoms with Gasteiger partial charge in [0.15, 0.2) is 12.6 Å². The van der Waals surface area contributed by atoms with Gasteiger partial charge in [0.1, 0.15) is 86.0 Å². The van der Waals surface area contributed by atoms with Crippen molar-refractivity contribution < 1.29 is 144 Å². The van der Waals surface area contributed by atoms with Crippen LogP contribution in [-0.2, 0) is 61.9 Å². The van der Waals surface area contributed by atoms with E-state index in [2.05, 4.69) is 29.8 Å². The molecule has 4 fully saturated rings. The average Bonchev–Trinajstić information content (AvgIpc) is 0.743. The number of carbonyl (C=O) groups excluding carboxylic acids is 3. The second kappa shape index (κ2) is 51.0. The van der Waals surface area contributed by atoms with Gasteiger partial charge in [-0.2, -0.15) is 0 Å². The summed E-state index contributed by atoms with van der Waals surface area (Å²) in [6.45, 7) is 1.39. The standard InChI is InChI=1S/C74H133N3O29/c1-5-7-9-11-13-15-17-19-20-21-22-23-24-26-28-30-32-34-36-38-55(85)76-48(49(81)37-35-33-31-29-27-25-18-16-14-12-10-8-6-2)43-99-70-66(94)64(92)62(90)54(103-70)44-101-73(71(95)96)40-53(58(75-47(4)80)68(105-73)61(89)52(84)42-79)104-74(72(97)98)39-50(82)57(67(106-74)60(88)51(83)41-78)77-56(86)45-100-69-65(93)63(91)59(87)46(3)102-69/h35,37,46,48-54,57-70,78-79,81-84,87-94H,5-34,36,38-45H2,1-4H3,(H,75,80)(H,76,85)(H,77,86)(H,95,96)(H,97,98)/b37-35+/t46-,48-,49+,50-,51+,52+,53-,54+,57+,58+,59+,60+,61+,62+,63+,64-,65-,66+,67+,68+,69+,70+,73+,74+/m0/s1. The zero-order valence-electron chi connectivity index (χ0n) is 62.9. The Morgan fingerprint density at radius 1 is 0.519 bits per heavy atom. The van der Waals surface area contributed by atoms with Crippen LogP contribution in [0.4, 0.5) is 0 Å². The number of aliphatic hydroxyl groups is 14. The number of aliphatic hydroxyl groups excluding tert-OH is 14. The van der Waals surface area contributed by atoms with Crippen LogP contribution in [0.5, 0.6) is 0 Å². The van der Waals surface area contributed by atoms with E-state index in [0.29, 0.717) is 12.8 Å². The van der Waals surface area contributed by atoms with Gasteiger partial charge in [-0.1, -0.05) is 206 Å². The molecule has 0 aliphatic carbocycles. The molecule has 32 nitrogen and oxygen atoms in total. The Hall–Kier alpha value is -3.79. The van der Waals surface area contributed by atoms with Crippen LogP contribution in [0.2, 0.25) is 0 Å². The van der Waals surface area contributed by atoms with Crippen LogP contribution in [0.25, 0.3) is 0 Å². The molecule has 0 aromatic carbocycles. The third kappa shape index (κ3) is 31.4. The normalized spacial score (nSPS) is 31.0. The molecule has 24 atom stereocenters. The predicted octanol–water partition coefficient (Wildman–Crippen LogP) is 1.90. The maximum absolute atomic E-state index is 13.8. The van der Waals surface area contributed by atoms with Gasteiger partial charge in [0.2, 0.25) is 17.7 Å². The Morgan fingerprint density at radius 3 is 1.43 bits per heavy atom. The predicted molar refractivity (Wildman–Crippen MR) is 381 cm³/mol. The van der Waals surface area contributed by atoms with Crippen molar-refractivity contribution in [2.75, 3.05) is 33.0 Å². The van der Waals surface area contributed by atoms with Crippen molar-refractivity contribution in [2.24, 2.45) is 0 Å². The summed E-state index contributed by atoms with van der Waals surface area (Å²) in [6.07, 6.45) is -1.46. The number of carboxylic acids is 2. The molecule has 4 heterocycles. The summed E-state index contributed by atoms with van der Waals surface area (Å²) in [5.74, 6) is -13.6. The number of amides is 3. The van der Waals surface area contributed by atoms with Gasteiger partial charge in [-0.3, -0.25) is 14.4 Å².